The molecule has 1 unspecified atom stereocenters. The zero-order valence-corrected chi connectivity index (χ0v) is 12.3. The molecule has 20 heavy (non-hydrogen) atoms. The molecule has 0 aromatic heterocycles. The van der Waals surface area contributed by atoms with Gasteiger partial charge in [0.15, 0.2) is 0 Å². The Morgan fingerprint density at radius 3 is 2.95 bits per heavy atom. The number of nitro groups is 1. The summed E-state index contributed by atoms with van der Waals surface area (Å²) in [6, 6.07) is 4.55. The van der Waals surface area contributed by atoms with Crippen LogP contribution in [0.4, 0.5) is 5.69 Å². The van der Waals surface area contributed by atoms with Gasteiger partial charge in [-0.05, 0) is 37.9 Å². The monoisotopic (exact) mass is 298 g/mol. The lowest BCUT2D eigenvalue weighted by atomic mass is 10.1. The van der Waals surface area contributed by atoms with Crippen molar-refractivity contribution >= 4 is 17.3 Å². The highest BCUT2D eigenvalue weighted by molar-refractivity contribution is 6.31. The fourth-order valence-electron chi connectivity index (χ4n) is 2.45. The summed E-state index contributed by atoms with van der Waals surface area (Å²) >= 11 is 6.11. The predicted molar refractivity (Wildman–Crippen MR) is 78.0 cm³/mol. The topological polar surface area (TPSA) is 55.6 Å². The van der Waals surface area contributed by atoms with E-state index in [-0.39, 0.29) is 11.8 Å². The number of halogens is 1. The highest BCUT2D eigenvalue weighted by Gasteiger charge is 2.17. The van der Waals surface area contributed by atoms with Gasteiger partial charge in [0.2, 0.25) is 0 Å². The highest BCUT2D eigenvalue weighted by Crippen LogP contribution is 2.23. The van der Waals surface area contributed by atoms with Crippen LogP contribution in [0.3, 0.4) is 0 Å². The average Bonchev–Trinajstić information content (AvgIpc) is 2.42. The molecule has 1 aliphatic rings. The molecule has 1 fully saturated rings. The Morgan fingerprint density at radius 2 is 2.30 bits per heavy atom. The smallest absolute Gasteiger partial charge is 0.269 e. The van der Waals surface area contributed by atoms with Gasteiger partial charge in [-0.1, -0.05) is 11.6 Å². The number of non-ortho nitro benzene ring substituents is 1. The fourth-order valence-corrected chi connectivity index (χ4v) is 2.63. The van der Waals surface area contributed by atoms with E-state index >= 15 is 0 Å². The van der Waals surface area contributed by atoms with E-state index in [0.29, 0.717) is 11.6 Å². The standard InChI is InChI=1S/C14H19ClN2O3/c1-16(10-13-4-2-3-7-20-13)9-11-8-12(17(18)19)5-6-14(11)15/h5-6,8,13H,2-4,7,9-10H2,1H3. The number of nitro benzene ring substituents is 1. The fraction of sp³-hybridized carbons (Fsp3) is 0.571. The number of nitrogens with zero attached hydrogens (tertiary/aromatic N) is 2. The molecule has 5 nitrogen and oxygen atoms in total. The Labute approximate surface area is 123 Å². The SMILES string of the molecule is CN(Cc1cc([N+](=O)[O-])ccc1Cl)CC1CCCCO1. The number of likely N-dealkylation sites (N-methyl/N-ethyl adjacent to an activating group) is 1. The first-order valence-electron chi connectivity index (χ1n) is 6.79. The van der Waals surface area contributed by atoms with E-state index in [4.69, 9.17) is 16.3 Å². The molecule has 0 aliphatic carbocycles. The summed E-state index contributed by atoms with van der Waals surface area (Å²) in [6.45, 7) is 2.23. The van der Waals surface area contributed by atoms with Crippen molar-refractivity contribution in [3.8, 4) is 0 Å². The van der Waals surface area contributed by atoms with Gasteiger partial charge < -0.3 is 4.74 Å². The Kier molecular flexibility index (Phi) is 5.34. The summed E-state index contributed by atoms with van der Waals surface area (Å²) in [7, 11) is 1.98. The van der Waals surface area contributed by atoms with E-state index in [1.807, 2.05) is 7.05 Å². The maximum absolute atomic E-state index is 10.8. The van der Waals surface area contributed by atoms with E-state index in [2.05, 4.69) is 4.90 Å². The van der Waals surface area contributed by atoms with Crippen molar-refractivity contribution in [2.45, 2.75) is 31.9 Å². The maximum Gasteiger partial charge on any atom is 0.269 e. The molecule has 0 N–H and O–H groups in total. The third-order valence-electron chi connectivity index (χ3n) is 3.47. The minimum atomic E-state index is -0.399. The Bertz CT molecular complexity index is 475. The van der Waals surface area contributed by atoms with Crippen molar-refractivity contribution in [3.05, 3.63) is 38.9 Å². The molecule has 1 aliphatic heterocycles. The molecule has 1 atom stereocenters. The lowest BCUT2D eigenvalue weighted by Gasteiger charge is -2.27. The van der Waals surface area contributed by atoms with Gasteiger partial charge in [-0.2, -0.15) is 0 Å². The minimum Gasteiger partial charge on any atom is -0.377 e. The molecule has 0 saturated carbocycles. The first kappa shape index (κ1) is 15.2. The second kappa shape index (κ2) is 7.02. The first-order chi connectivity index (χ1) is 9.56. The van der Waals surface area contributed by atoms with E-state index < -0.39 is 4.92 Å². The van der Waals surface area contributed by atoms with E-state index in [1.54, 1.807) is 12.1 Å². The Hall–Kier alpha value is -1.17. The molecular formula is C14H19ClN2O3. The van der Waals surface area contributed by atoms with Crippen LogP contribution in [-0.4, -0.2) is 36.1 Å². The molecule has 110 valence electrons. The van der Waals surface area contributed by atoms with Gasteiger partial charge in [-0.25, -0.2) is 0 Å². The van der Waals surface area contributed by atoms with Crippen LogP contribution in [0.25, 0.3) is 0 Å². The lowest BCUT2D eigenvalue weighted by Crippen LogP contribution is -2.33. The van der Waals surface area contributed by atoms with Crippen LogP contribution in [0.2, 0.25) is 5.02 Å². The summed E-state index contributed by atoms with van der Waals surface area (Å²) in [4.78, 5) is 12.5. The van der Waals surface area contributed by atoms with Gasteiger partial charge in [0.1, 0.15) is 0 Å². The first-order valence-corrected chi connectivity index (χ1v) is 7.17. The molecule has 6 heteroatoms. The van der Waals surface area contributed by atoms with Gasteiger partial charge >= 0.3 is 0 Å². The van der Waals surface area contributed by atoms with Crippen molar-refractivity contribution in [2.75, 3.05) is 20.2 Å². The third-order valence-corrected chi connectivity index (χ3v) is 3.84. The lowest BCUT2D eigenvalue weighted by molar-refractivity contribution is -0.384. The zero-order chi connectivity index (χ0) is 14.5. The second-order valence-corrected chi connectivity index (χ2v) is 5.63. The number of ether oxygens (including phenoxy) is 1. The van der Waals surface area contributed by atoms with Crippen LogP contribution in [0.1, 0.15) is 24.8 Å². The van der Waals surface area contributed by atoms with E-state index in [1.165, 1.54) is 12.5 Å². The molecule has 1 saturated heterocycles. The maximum atomic E-state index is 10.8. The van der Waals surface area contributed by atoms with Crippen molar-refractivity contribution in [1.29, 1.82) is 0 Å². The molecule has 0 amide bonds. The zero-order valence-electron chi connectivity index (χ0n) is 11.5. The van der Waals surface area contributed by atoms with Crippen LogP contribution < -0.4 is 0 Å². The number of hydrogen-bond donors (Lipinski definition) is 0. The average molecular weight is 299 g/mol. The molecule has 1 heterocycles. The molecule has 0 radical (unpaired) electrons. The van der Waals surface area contributed by atoms with Crippen molar-refractivity contribution in [1.82, 2.24) is 4.90 Å². The highest BCUT2D eigenvalue weighted by atomic mass is 35.5. The van der Waals surface area contributed by atoms with Crippen molar-refractivity contribution in [3.63, 3.8) is 0 Å². The van der Waals surface area contributed by atoms with Crippen LogP contribution in [-0.2, 0) is 11.3 Å². The summed E-state index contributed by atoms with van der Waals surface area (Å²) in [5, 5.41) is 11.4. The minimum absolute atomic E-state index is 0.0757. The van der Waals surface area contributed by atoms with Crippen LogP contribution in [0.5, 0.6) is 0 Å². The molecule has 0 bridgehead atoms. The van der Waals surface area contributed by atoms with Gasteiger partial charge in [-0.15, -0.1) is 0 Å². The molecule has 0 spiro atoms. The van der Waals surface area contributed by atoms with E-state index in [0.717, 1.165) is 31.6 Å². The second-order valence-electron chi connectivity index (χ2n) is 5.22. The third kappa shape index (κ3) is 4.16. The Morgan fingerprint density at radius 1 is 1.50 bits per heavy atom. The van der Waals surface area contributed by atoms with Crippen molar-refractivity contribution < 1.29 is 9.66 Å². The molecular weight excluding hydrogens is 280 g/mol. The van der Waals surface area contributed by atoms with Crippen LogP contribution in [0, 0.1) is 10.1 Å². The van der Waals surface area contributed by atoms with Crippen LogP contribution >= 0.6 is 11.6 Å². The molecule has 1 aromatic rings. The van der Waals surface area contributed by atoms with E-state index in [9.17, 15) is 10.1 Å². The quantitative estimate of drug-likeness (QED) is 0.618. The normalized spacial score (nSPS) is 19.2. The molecule has 1 aromatic carbocycles. The summed E-state index contributed by atoms with van der Waals surface area (Å²) < 4.78 is 5.70. The van der Waals surface area contributed by atoms with Crippen molar-refractivity contribution in [2.24, 2.45) is 0 Å². The largest absolute Gasteiger partial charge is 0.377 e. The molecule has 2 rings (SSSR count). The summed E-state index contributed by atoms with van der Waals surface area (Å²) in [6.07, 6.45) is 3.67. The van der Waals surface area contributed by atoms with Gasteiger partial charge in [0, 0.05) is 36.9 Å². The number of rotatable bonds is 5. The number of benzene rings is 1. The van der Waals surface area contributed by atoms with Gasteiger partial charge in [0.05, 0.1) is 11.0 Å². The van der Waals surface area contributed by atoms with Gasteiger partial charge in [-0.3, -0.25) is 15.0 Å². The van der Waals surface area contributed by atoms with Gasteiger partial charge in [0.25, 0.3) is 5.69 Å². The summed E-state index contributed by atoms with van der Waals surface area (Å²) in [5.41, 5.74) is 0.853. The number of hydrogen-bond acceptors (Lipinski definition) is 4. The predicted octanol–water partition coefficient (Wildman–Crippen LogP) is 3.25. The summed E-state index contributed by atoms with van der Waals surface area (Å²) in [5.74, 6) is 0. The Balaban J connectivity index is 1.97. The van der Waals surface area contributed by atoms with Crippen LogP contribution in [0.15, 0.2) is 18.2 Å².